The van der Waals surface area contributed by atoms with Gasteiger partial charge in [-0.3, -0.25) is 4.79 Å². The molecule has 4 bridgehead atoms. The van der Waals surface area contributed by atoms with E-state index in [-0.39, 0.29) is 11.3 Å². The van der Waals surface area contributed by atoms with E-state index >= 15 is 0 Å². The third-order valence-corrected chi connectivity index (χ3v) is 7.63. The van der Waals surface area contributed by atoms with Crippen molar-refractivity contribution < 1.29 is 4.79 Å². The van der Waals surface area contributed by atoms with Crippen molar-refractivity contribution in [2.24, 2.45) is 23.2 Å². The molecule has 0 radical (unpaired) electrons. The molecule has 4 saturated carbocycles. The first-order valence-electron chi connectivity index (χ1n) is 11.3. The van der Waals surface area contributed by atoms with Crippen LogP contribution in [0.5, 0.6) is 0 Å². The maximum atomic E-state index is 13.1. The number of aryl methyl sites for hydroxylation is 2. The Morgan fingerprint density at radius 3 is 2.40 bits per heavy atom. The van der Waals surface area contributed by atoms with Crippen LogP contribution in [0.15, 0.2) is 18.2 Å². The zero-order chi connectivity index (χ0) is 20.9. The van der Waals surface area contributed by atoms with Gasteiger partial charge >= 0.3 is 0 Å². The molecule has 30 heavy (non-hydrogen) atoms. The van der Waals surface area contributed by atoms with Gasteiger partial charge in [-0.25, -0.2) is 4.98 Å². The van der Waals surface area contributed by atoms with E-state index in [2.05, 4.69) is 29.7 Å². The number of pyridine rings is 1. The number of anilines is 1. The molecule has 0 saturated heterocycles. The predicted octanol–water partition coefficient (Wildman–Crippen LogP) is 4.47. The van der Waals surface area contributed by atoms with Gasteiger partial charge in [-0.2, -0.15) is 5.26 Å². The molecule has 2 aromatic rings. The van der Waals surface area contributed by atoms with Gasteiger partial charge in [-0.15, -0.1) is 0 Å². The maximum Gasteiger partial charge on any atom is 0.226 e. The molecule has 1 amide bonds. The Kier molecular flexibility index (Phi) is 4.69. The molecule has 5 nitrogen and oxygen atoms in total. The van der Waals surface area contributed by atoms with Gasteiger partial charge in [0.2, 0.25) is 5.91 Å². The molecule has 1 aromatic carbocycles. The van der Waals surface area contributed by atoms with E-state index in [1.807, 2.05) is 19.1 Å². The van der Waals surface area contributed by atoms with Gasteiger partial charge in [0, 0.05) is 23.9 Å². The number of carbonyl (C=O) groups is 1. The first-order valence-corrected chi connectivity index (χ1v) is 11.3. The van der Waals surface area contributed by atoms with E-state index in [9.17, 15) is 10.1 Å². The second kappa shape index (κ2) is 7.27. The Labute approximate surface area is 178 Å². The molecule has 2 N–H and O–H groups in total. The highest BCUT2D eigenvalue weighted by Gasteiger charge is 2.54. The van der Waals surface area contributed by atoms with Gasteiger partial charge in [0.25, 0.3) is 0 Å². The summed E-state index contributed by atoms with van der Waals surface area (Å²) in [5.41, 5.74) is 3.62. The monoisotopic (exact) mass is 402 g/mol. The van der Waals surface area contributed by atoms with Crippen LogP contribution in [-0.4, -0.2) is 24.0 Å². The van der Waals surface area contributed by atoms with Gasteiger partial charge in [-0.05, 0) is 93.4 Å². The molecule has 4 aliphatic rings. The van der Waals surface area contributed by atoms with Gasteiger partial charge in [0.15, 0.2) is 0 Å². The fourth-order valence-electron chi connectivity index (χ4n) is 6.78. The molecule has 0 spiro atoms. The lowest BCUT2D eigenvalue weighted by molar-refractivity contribution is -0.146. The fraction of sp³-hybridized carbons (Fsp3) is 0.560. The predicted molar refractivity (Wildman–Crippen MR) is 118 cm³/mol. The molecule has 1 heterocycles. The minimum absolute atomic E-state index is 0.108. The Hall–Kier alpha value is -2.61. The van der Waals surface area contributed by atoms with Crippen molar-refractivity contribution in [2.45, 2.75) is 52.4 Å². The first-order chi connectivity index (χ1) is 14.5. The number of aromatic nitrogens is 1. The molecule has 156 valence electrons. The summed E-state index contributed by atoms with van der Waals surface area (Å²) in [5, 5.41) is 17.0. The fourth-order valence-corrected chi connectivity index (χ4v) is 6.78. The zero-order valence-electron chi connectivity index (χ0n) is 17.9. The topological polar surface area (TPSA) is 77.8 Å². The van der Waals surface area contributed by atoms with Gasteiger partial charge in [0.05, 0.1) is 11.1 Å². The second-order valence-corrected chi connectivity index (χ2v) is 10.0. The van der Waals surface area contributed by atoms with E-state index in [1.54, 1.807) is 0 Å². The lowest BCUT2D eigenvalue weighted by Gasteiger charge is -2.55. The van der Waals surface area contributed by atoms with Crippen LogP contribution >= 0.6 is 0 Å². The smallest absolute Gasteiger partial charge is 0.226 e. The second-order valence-electron chi connectivity index (χ2n) is 10.0. The minimum Gasteiger partial charge on any atom is -0.367 e. The summed E-state index contributed by atoms with van der Waals surface area (Å²) in [6.45, 7) is 5.22. The Morgan fingerprint density at radius 1 is 1.10 bits per heavy atom. The summed E-state index contributed by atoms with van der Waals surface area (Å²) in [5.74, 6) is 3.16. The molecule has 1 aromatic heterocycles. The SMILES string of the molecule is Cc1cc(C)c2cc(C#N)c(NCCNC(=O)C34CC5CC(CC(C5)C3)C4)nc2c1. The number of nitriles is 1. The van der Waals surface area contributed by atoms with Crippen LogP contribution < -0.4 is 10.6 Å². The molecule has 5 heteroatoms. The molecule has 0 atom stereocenters. The van der Waals surface area contributed by atoms with Crippen LogP contribution in [-0.2, 0) is 4.79 Å². The van der Waals surface area contributed by atoms with E-state index in [0.29, 0.717) is 24.5 Å². The normalized spacial score (nSPS) is 29.0. The number of carbonyl (C=O) groups excluding carboxylic acids is 1. The molecule has 0 unspecified atom stereocenters. The van der Waals surface area contributed by atoms with Crippen LogP contribution in [0.4, 0.5) is 5.82 Å². The number of hydrogen-bond donors (Lipinski definition) is 2. The van der Waals surface area contributed by atoms with Crippen LogP contribution in [0.3, 0.4) is 0 Å². The van der Waals surface area contributed by atoms with Crippen molar-refractivity contribution in [3.63, 3.8) is 0 Å². The van der Waals surface area contributed by atoms with E-state index in [1.165, 1.54) is 19.3 Å². The minimum atomic E-state index is -0.108. The lowest BCUT2D eigenvalue weighted by Crippen LogP contribution is -2.54. The summed E-state index contributed by atoms with van der Waals surface area (Å²) < 4.78 is 0. The van der Waals surface area contributed by atoms with Gasteiger partial charge in [0.1, 0.15) is 11.9 Å². The van der Waals surface area contributed by atoms with Crippen LogP contribution in [0.1, 0.15) is 55.2 Å². The van der Waals surface area contributed by atoms with Gasteiger partial charge in [-0.1, -0.05) is 6.07 Å². The third kappa shape index (κ3) is 3.33. The van der Waals surface area contributed by atoms with Crippen LogP contribution in [0.25, 0.3) is 10.9 Å². The maximum absolute atomic E-state index is 13.1. The van der Waals surface area contributed by atoms with Crippen molar-refractivity contribution in [1.29, 1.82) is 5.26 Å². The lowest BCUT2D eigenvalue weighted by atomic mass is 9.49. The number of amides is 1. The molecule has 0 aliphatic heterocycles. The summed E-state index contributed by atoms with van der Waals surface area (Å²) >= 11 is 0. The van der Waals surface area contributed by atoms with Gasteiger partial charge < -0.3 is 10.6 Å². The van der Waals surface area contributed by atoms with Crippen LogP contribution in [0.2, 0.25) is 0 Å². The largest absolute Gasteiger partial charge is 0.367 e. The number of fused-ring (bicyclic) bond motifs is 1. The van der Waals surface area contributed by atoms with Crippen molar-refractivity contribution in [3.05, 3.63) is 34.9 Å². The Bertz CT molecular complexity index is 1020. The molecule has 4 fully saturated rings. The van der Waals surface area contributed by atoms with Crippen molar-refractivity contribution >= 4 is 22.6 Å². The quantitative estimate of drug-likeness (QED) is 0.724. The van der Waals surface area contributed by atoms with E-state index in [4.69, 9.17) is 4.98 Å². The number of benzene rings is 1. The number of rotatable bonds is 5. The average molecular weight is 403 g/mol. The van der Waals surface area contributed by atoms with Crippen molar-refractivity contribution in [2.75, 3.05) is 18.4 Å². The summed E-state index contributed by atoms with van der Waals surface area (Å²) in [4.78, 5) is 17.8. The number of nitrogens with zero attached hydrogens (tertiary/aromatic N) is 2. The van der Waals surface area contributed by atoms with Crippen molar-refractivity contribution in [1.82, 2.24) is 10.3 Å². The molecular formula is C25H30N4O. The molecule has 4 aliphatic carbocycles. The molecular weight excluding hydrogens is 372 g/mol. The first kappa shape index (κ1) is 19.4. The van der Waals surface area contributed by atoms with Crippen molar-refractivity contribution in [3.8, 4) is 6.07 Å². The highest BCUT2D eigenvalue weighted by molar-refractivity contribution is 5.86. The Morgan fingerprint density at radius 2 is 1.77 bits per heavy atom. The number of nitrogens with one attached hydrogen (secondary N) is 2. The number of hydrogen-bond acceptors (Lipinski definition) is 4. The highest BCUT2D eigenvalue weighted by atomic mass is 16.2. The summed E-state index contributed by atoms with van der Waals surface area (Å²) in [6, 6.07) is 8.32. The standard InChI is InChI=1S/C25H30N4O/c1-15-5-16(2)21-10-20(14-26)23(29-22(21)6-15)27-3-4-28-24(30)25-11-17-7-18(12-25)9-19(8-17)13-25/h5-6,10,17-19H,3-4,7-9,11-13H2,1-2H3,(H,27,29)(H,28,30). The third-order valence-electron chi connectivity index (χ3n) is 7.63. The Balaban J connectivity index is 1.23. The zero-order valence-corrected chi connectivity index (χ0v) is 17.9. The molecule has 6 rings (SSSR count). The summed E-state index contributed by atoms with van der Waals surface area (Å²) in [7, 11) is 0. The van der Waals surface area contributed by atoms with Crippen LogP contribution in [0, 0.1) is 48.3 Å². The van der Waals surface area contributed by atoms with E-state index < -0.39 is 0 Å². The summed E-state index contributed by atoms with van der Waals surface area (Å²) in [6.07, 6.45) is 7.29. The average Bonchev–Trinajstić information content (AvgIpc) is 2.69. The highest BCUT2D eigenvalue weighted by Crippen LogP contribution is 2.60. The van der Waals surface area contributed by atoms with E-state index in [0.717, 1.165) is 59.0 Å².